The fraction of sp³-hybridized carbons (Fsp3) is 0.0526. The molecule has 1 aliphatic rings. The fourth-order valence-electron chi connectivity index (χ4n) is 2.19. The van der Waals surface area contributed by atoms with Gasteiger partial charge in [0.25, 0.3) is 11.1 Å². The zero-order valence-corrected chi connectivity index (χ0v) is 13.7. The Bertz CT molecular complexity index is 786. The molecule has 2 amide bonds. The van der Waals surface area contributed by atoms with Gasteiger partial charge in [0.15, 0.2) is 0 Å². The van der Waals surface area contributed by atoms with Crippen LogP contribution in [0.3, 0.4) is 0 Å². The van der Waals surface area contributed by atoms with Crippen molar-refractivity contribution in [1.82, 2.24) is 4.90 Å². The lowest BCUT2D eigenvalue weighted by molar-refractivity contribution is -0.122. The summed E-state index contributed by atoms with van der Waals surface area (Å²) in [5.41, 5.74) is 1.91. The highest BCUT2D eigenvalue weighted by Gasteiger charge is 2.34. The molecular weight excluding hydrogens is 320 g/mol. The molecule has 0 unspecified atom stereocenters. The number of hydrogen-bond acceptors (Lipinski definition) is 4. The maximum atomic E-state index is 12.3. The lowest BCUT2D eigenvalue weighted by atomic mass is 10.2. The summed E-state index contributed by atoms with van der Waals surface area (Å²) in [4.78, 5) is 26.0. The summed E-state index contributed by atoms with van der Waals surface area (Å²) < 4.78 is 0. The third-order valence-corrected chi connectivity index (χ3v) is 4.35. The van der Waals surface area contributed by atoms with Gasteiger partial charge in [-0.25, -0.2) is 0 Å². The van der Waals surface area contributed by atoms with Gasteiger partial charge in [0.1, 0.15) is 0 Å². The summed E-state index contributed by atoms with van der Waals surface area (Å²) in [7, 11) is 0. The third kappa shape index (κ3) is 3.94. The summed E-state index contributed by atoms with van der Waals surface area (Å²) in [5.74, 6) is -0.272. The average Bonchev–Trinajstić information content (AvgIpc) is 2.89. The standard InChI is InChI=1S/C19H16N2O2S/c22-18-17(13-7-10-15-8-3-1-4-9-15)24-19(23)21(18)14-20-16-11-5-2-6-12-16/h1-13,20H,14H2/b10-7+,17-13-. The lowest BCUT2D eigenvalue weighted by Gasteiger charge is -2.14. The molecule has 120 valence electrons. The van der Waals surface area contributed by atoms with Gasteiger partial charge in [0.05, 0.1) is 11.6 Å². The number of thioether (sulfide) groups is 1. The minimum Gasteiger partial charge on any atom is -0.367 e. The van der Waals surface area contributed by atoms with Crippen LogP contribution in [0.15, 0.2) is 77.7 Å². The molecule has 0 saturated carbocycles. The van der Waals surface area contributed by atoms with Crippen LogP contribution in [0.4, 0.5) is 10.5 Å². The second-order valence-electron chi connectivity index (χ2n) is 5.10. The molecule has 1 fully saturated rings. The van der Waals surface area contributed by atoms with E-state index in [1.807, 2.05) is 66.7 Å². The number of hydrogen-bond donors (Lipinski definition) is 1. The van der Waals surface area contributed by atoms with Gasteiger partial charge in [-0.1, -0.05) is 60.7 Å². The van der Waals surface area contributed by atoms with Gasteiger partial charge >= 0.3 is 0 Å². The third-order valence-electron chi connectivity index (χ3n) is 3.42. The highest BCUT2D eigenvalue weighted by Crippen LogP contribution is 2.30. The van der Waals surface area contributed by atoms with E-state index in [0.717, 1.165) is 23.0 Å². The highest BCUT2D eigenvalue weighted by molar-refractivity contribution is 8.18. The van der Waals surface area contributed by atoms with E-state index in [4.69, 9.17) is 0 Å². The van der Waals surface area contributed by atoms with Crippen molar-refractivity contribution in [3.63, 3.8) is 0 Å². The summed E-state index contributed by atoms with van der Waals surface area (Å²) >= 11 is 0.959. The number of carbonyl (C=O) groups excluding carboxylic acids is 2. The predicted octanol–water partition coefficient (Wildman–Crippen LogP) is 4.35. The second kappa shape index (κ2) is 7.66. The van der Waals surface area contributed by atoms with Crippen molar-refractivity contribution < 1.29 is 9.59 Å². The van der Waals surface area contributed by atoms with Crippen LogP contribution in [0.5, 0.6) is 0 Å². The summed E-state index contributed by atoms with van der Waals surface area (Å²) in [6.07, 6.45) is 5.37. The topological polar surface area (TPSA) is 49.4 Å². The first-order valence-corrected chi connectivity index (χ1v) is 8.32. The van der Waals surface area contributed by atoms with E-state index in [-0.39, 0.29) is 17.8 Å². The van der Waals surface area contributed by atoms with E-state index in [9.17, 15) is 9.59 Å². The Balaban J connectivity index is 1.63. The van der Waals surface area contributed by atoms with E-state index < -0.39 is 0 Å². The Hall–Kier alpha value is -2.79. The maximum Gasteiger partial charge on any atom is 0.295 e. The molecule has 0 bridgehead atoms. The van der Waals surface area contributed by atoms with Crippen LogP contribution >= 0.6 is 11.8 Å². The first kappa shape index (κ1) is 16.1. The number of amides is 2. The smallest absolute Gasteiger partial charge is 0.295 e. The van der Waals surface area contributed by atoms with E-state index in [1.54, 1.807) is 12.2 Å². The van der Waals surface area contributed by atoms with E-state index in [1.165, 1.54) is 4.90 Å². The zero-order valence-electron chi connectivity index (χ0n) is 12.9. The van der Waals surface area contributed by atoms with Gasteiger partial charge in [-0.2, -0.15) is 0 Å². The van der Waals surface area contributed by atoms with Crippen molar-refractivity contribution in [2.45, 2.75) is 0 Å². The van der Waals surface area contributed by atoms with Crippen LogP contribution in [0.25, 0.3) is 6.08 Å². The summed E-state index contributed by atoms with van der Waals surface area (Å²) in [5, 5.41) is 2.81. The van der Waals surface area contributed by atoms with Crippen LogP contribution in [0, 0.1) is 0 Å². The number of allylic oxidation sites excluding steroid dienone is 2. The van der Waals surface area contributed by atoms with Crippen molar-refractivity contribution in [2.75, 3.05) is 12.0 Å². The Morgan fingerprint density at radius 1 is 0.958 bits per heavy atom. The van der Waals surface area contributed by atoms with Gasteiger partial charge in [0, 0.05) is 5.69 Å². The SMILES string of the molecule is O=C1S/C(=C\C=C\c2ccccc2)C(=O)N1CNc1ccccc1. The number of nitrogens with one attached hydrogen (secondary N) is 1. The summed E-state index contributed by atoms with van der Waals surface area (Å²) in [6.45, 7) is 0.161. The number of imide groups is 1. The normalized spacial score (nSPS) is 16.3. The molecule has 0 atom stereocenters. The molecule has 0 aromatic heterocycles. The minimum atomic E-state index is -0.272. The quantitative estimate of drug-likeness (QED) is 0.825. The molecule has 0 spiro atoms. The lowest BCUT2D eigenvalue weighted by Crippen LogP contribution is -2.33. The van der Waals surface area contributed by atoms with Gasteiger partial charge in [-0.3, -0.25) is 14.5 Å². The predicted molar refractivity (Wildman–Crippen MR) is 98.3 cm³/mol. The zero-order chi connectivity index (χ0) is 16.8. The van der Waals surface area contributed by atoms with Gasteiger partial charge in [-0.15, -0.1) is 0 Å². The number of carbonyl (C=O) groups is 2. The maximum absolute atomic E-state index is 12.3. The molecule has 1 heterocycles. The van der Waals surface area contributed by atoms with Crippen LogP contribution in [0.1, 0.15) is 5.56 Å². The van der Waals surface area contributed by atoms with Crippen LogP contribution in [-0.2, 0) is 4.79 Å². The molecule has 2 aromatic carbocycles. The molecule has 1 N–H and O–H groups in total. The van der Waals surface area contributed by atoms with Crippen LogP contribution in [0.2, 0.25) is 0 Å². The van der Waals surface area contributed by atoms with Crippen molar-refractivity contribution in [3.8, 4) is 0 Å². The van der Waals surface area contributed by atoms with Crippen molar-refractivity contribution >= 4 is 34.7 Å². The second-order valence-corrected chi connectivity index (χ2v) is 6.10. The minimum absolute atomic E-state index is 0.161. The monoisotopic (exact) mass is 336 g/mol. The van der Waals surface area contributed by atoms with Crippen molar-refractivity contribution in [2.24, 2.45) is 0 Å². The number of nitrogens with zero attached hydrogens (tertiary/aromatic N) is 1. The number of para-hydroxylation sites is 1. The van der Waals surface area contributed by atoms with Gasteiger partial charge in [-0.05, 0) is 35.5 Å². The van der Waals surface area contributed by atoms with Gasteiger partial charge < -0.3 is 5.32 Å². The Kier molecular flexibility index (Phi) is 5.13. The highest BCUT2D eigenvalue weighted by atomic mass is 32.2. The van der Waals surface area contributed by atoms with Crippen LogP contribution in [-0.4, -0.2) is 22.7 Å². The molecule has 24 heavy (non-hydrogen) atoms. The van der Waals surface area contributed by atoms with Crippen LogP contribution < -0.4 is 5.32 Å². The van der Waals surface area contributed by atoms with Crippen molar-refractivity contribution in [1.29, 1.82) is 0 Å². The molecule has 4 nitrogen and oxygen atoms in total. The Morgan fingerprint density at radius 3 is 2.33 bits per heavy atom. The molecule has 3 rings (SSSR count). The fourth-order valence-corrected chi connectivity index (χ4v) is 2.98. The molecule has 0 aliphatic carbocycles. The number of benzene rings is 2. The molecule has 5 heteroatoms. The van der Waals surface area contributed by atoms with E-state index in [2.05, 4.69) is 5.32 Å². The largest absolute Gasteiger partial charge is 0.367 e. The number of rotatable bonds is 5. The van der Waals surface area contributed by atoms with Crippen molar-refractivity contribution in [3.05, 3.63) is 83.3 Å². The van der Waals surface area contributed by atoms with E-state index in [0.29, 0.717) is 4.91 Å². The van der Waals surface area contributed by atoms with E-state index >= 15 is 0 Å². The van der Waals surface area contributed by atoms with Gasteiger partial charge in [0.2, 0.25) is 0 Å². The Labute approximate surface area is 144 Å². The first-order chi connectivity index (χ1) is 11.7. The molecule has 1 aliphatic heterocycles. The number of anilines is 1. The first-order valence-electron chi connectivity index (χ1n) is 7.50. The molecule has 0 radical (unpaired) electrons. The molecular formula is C19H16N2O2S. The molecule has 2 aromatic rings. The summed E-state index contributed by atoms with van der Waals surface area (Å²) in [6, 6.07) is 19.3. The Morgan fingerprint density at radius 2 is 1.62 bits per heavy atom. The average molecular weight is 336 g/mol. The molecule has 1 saturated heterocycles.